The first-order valence-electron chi connectivity index (χ1n) is 8.41. The van der Waals surface area contributed by atoms with Crippen molar-refractivity contribution in [3.05, 3.63) is 64.7 Å². The lowest BCUT2D eigenvalue weighted by Crippen LogP contribution is -2.48. The zero-order valence-corrected chi connectivity index (χ0v) is 15.7. The quantitative estimate of drug-likeness (QED) is 0.827. The van der Waals surface area contributed by atoms with Crippen LogP contribution in [0.3, 0.4) is 0 Å². The molecule has 6 nitrogen and oxygen atoms in total. The first-order chi connectivity index (χ1) is 12.7. The Morgan fingerprint density at radius 2 is 1.81 bits per heavy atom. The zero-order valence-electron chi connectivity index (χ0n) is 14.9. The number of carboxylic acids is 1. The molecule has 2 atom stereocenters. The van der Waals surface area contributed by atoms with Crippen LogP contribution in [-0.2, 0) is 15.0 Å². The molecule has 0 aromatic heterocycles. The van der Waals surface area contributed by atoms with Crippen LogP contribution in [0.2, 0.25) is 5.02 Å². The molecule has 1 aliphatic heterocycles. The van der Waals surface area contributed by atoms with E-state index in [2.05, 4.69) is 5.32 Å². The van der Waals surface area contributed by atoms with E-state index in [-0.39, 0.29) is 12.3 Å². The Bertz CT molecular complexity index is 912. The van der Waals surface area contributed by atoms with E-state index in [4.69, 9.17) is 11.6 Å². The second-order valence-electron chi connectivity index (χ2n) is 6.79. The molecule has 2 aromatic rings. The van der Waals surface area contributed by atoms with Gasteiger partial charge >= 0.3 is 5.97 Å². The van der Waals surface area contributed by atoms with E-state index >= 15 is 0 Å². The molecule has 0 bridgehead atoms. The number of amides is 2. The molecule has 27 heavy (non-hydrogen) atoms. The van der Waals surface area contributed by atoms with Gasteiger partial charge in [-0.15, -0.1) is 0 Å². The third-order valence-electron chi connectivity index (χ3n) is 4.96. The van der Waals surface area contributed by atoms with Crippen LogP contribution >= 0.6 is 11.6 Å². The van der Waals surface area contributed by atoms with E-state index in [1.807, 2.05) is 24.3 Å². The minimum absolute atomic E-state index is 0.0537. The summed E-state index contributed by atoms with van der Waals surface area (Å²) in [7, 11) is 1.66. The van der Waals surface area contributed by atoms with Gasteiger partial charge in [0.05, 0.1) is 5.41 Å². The van der Waals surface area contributed by atoms with Crippen LogP contribution in [0.15, 0.2) is 48.5 Å². The van der Waals surface area contributed by atoms with Crippen LogP contribution in [0.4, 0.5) is 5.69 Å². The van der Waals surface area contributed by atoms with Crippen LogP contribution < -0.4 is 10.2 Å². The number of hydrogen-bond donors (Lipinski definition) is 2. The average Bonchev–Trinajstić information content (AvgIpc) is 2.84. The first-order valence-corrected chi connectivity index (χ1v) is 8.79. The Morgan fingerprint density at radius 1 is 1.19 bits per heavy atom. The summed E-state index contributed by atoms with van der Waals surface area (Å²) in [6, 6.07) is 12.2. The van der Waals surface area contributed by atoms with Crippen molar-refractivity contribution in [1.82, 2.24) is 5.32 Å². The summed E-state index contributed by atoms with van der Waals surface area (Å²) in [6.07, 6.45) is -0.0537. The number of benzene rings is 2. The molecule has 2 unspecified atom stereocenters. The summed E-state index contributed by atoms with van der Waals surface area (Å²) < 4.78 is 0. The second kappa shape index (κ2) is 7.04. The Hall–Kier alpha value is -2.86. The Labute approximate surface area is 161 Å². The smallest absolute Gasteiger partial charge is 0.326 e. The maximum Gasteiger partial charge on any atom is 0.326 e. The largest absolute Gasteiger partial charge is 0.480 e. The maximum absolute atomic E-state index is 12.8. The lowest BCUT2D eigenvalue weighted by molar-refractivity contribution is -0.140. The summed E-state index contributed by atoms with van der Waals surface area (Å²) in [4.78, 5) is 38.6. The van der Waals surface area contributed by atoms with Crippen LogP contribution in [0.25, 0.3) is 0 Å². The lowest BCUT2D eigenvalue weighted by Gasteiger charge is -2.27. The van der Waals surface area contributed by atoms with Gasteiger partial charge in [-0.3, -0.25) is 9.59 Å². The number of rotatable bonds is 5. The minimum Gasteiger partial charge on any atom is -0.480 e. The molecule has 0 fully saturated rings. The maximum atomic E-state index is 12.8. The lowest BCUT2D eigenvalue weighted by atomic mass is 9.78. The Morgan fingerprint density at radius 3 is 2.44 bits per heavy atom. The van der Waals surface area contributed by atoms with E-state index in [0.29, 0.717) is 10.6 Å². The van der Waals surface area contributed by atoms with Gasteiger partial charge in [0, 0.05) is 23.3 Å². The molecule has 1 aliphatic rings. The van der Waals surface area contributed by atoms with Gasteiger partial charge in [-0.2, -0.15) is 0 Å². The van der Waals surface area contributed by atoms with E-state index in [0.717, 1.165) is 11.3 Å². The number of carbonyl (C=O) groups is 3. The van der Waals surface area contributed by atoms with Gasteiger partial charge in [0.1, 0.15) is 6.04 Å². The van der Waals surface area contributed by atoms with Crippen LogP contribution in [0.1, 0.15) is 29.3 Å². The molecule has 0 aliphatic carbocycles. The third kappa shape index (κ3) is 3.40. The normalized spacial score (nSPS) is 19.5. The number of para-hydroxylation sites is 1. The fourth-order valence-electron chi connectivity index (χ4n) is 3.48. The molecular formula is C20H19ClN2O4. The van der Waals surface area contributed by atoms with Crippen molar-refractivity contribution in [2.75, 3.05) is 11.9 Å². The van der Waals surface area contributed by atoms with Crippen LogP contribution in [0, 0.1) is 0 Å². The summed E-state index contributed by atoms with van der Waals surface area (Å²) in [5.74, 6) is -1.93. The highest BCUT2D eigenvalue weighted by Gasteiger charge is 2.48. The number of aliphatic carboxylic acids is 1. The van der Waals surface area contributed by atoms with Gasteiger partial charge in [-0.05, 0) is 49.2 Å². The predicted octanol–water partition coefficient (Wildman–Crippen LogP) is 2.85. The molecule has 0 spiro atoms. The number of anilines is 1. The molecule has 0 saturated heterocycles. The van der Waals surface area contributed by atoms with Gasteiger partial charge < -0.3 is 15.3 Å². The molecule has 2 amide bonds. The van der Waals surface area contributed by atoms with Gasteiger partial charge in [0.25, 0.3) is 5.91 Å². The highest BCUT2D eigenvalue weighted by Crippen LogP contribution is 2.43. The molecule has 1 heterocycles. The minimum atomic E-state index is -1.22. The number of carbonyl (C=O) groups excluding carboxylic acids is 2. The van der Waals surface area contributed by atoms with Crippen molar-refractivity contribution in [2.45, 2.75) is 24.8 Å². The standard InChI is InChI=1S/C20H19ClN2O4/c1-20(14-5-3-4-6-16(14)23(2)19(20)27)11-15(18(25)26)22-17(24)12-7-9-13(21)10-8-12/h3-10,15H,11H2,1-2H3,(H,22,24)(H,25,26). The van der Waals surface area contributed by atoms with Gasteiger partial charge in [0.15, 0.2) is 0 Å². The van der Waals surface area contributed by atoms with Gasteiger partial charge in [-0.1, -0.05) is 29.8 Å². The van der Waals surface area contributed by atoms with Crippen LogP contribution in [-0.4, -0.2) is 36.0 Å². The predicted molar refractivity (Wildman–Crippen MR) is 102 cm³/mol. The SMILES string of the molecule is CN1C(=O)C(C)(CC(NC(=O)c2ccc(Cl)cc2)C(=O)O)c2ccccc21. The summed E-state index contributed by atoms with van der Waals surface area (Å²) in [5, 5.41) is 12.6. The molecule has 2 aromatic carbocycles. The van der Waals surface area contributed by atoms with Crippen molar-refractivity contribution in [3.8, 4) is 0 Å². The van der Waals surface area contributed by atoms with Gasteiger partial charge in [-0.25, -0.2) is 4.79 Å². The first kappa shape index (κ1) is 18.9. The summed E-state index contributed by atoms with van der Waals surface area (Å²) in [6.45, 7) is 1.71. The fourth-order valence-corrected chi connectivity index (χ4v) is 3.60. The van der Waals surface area contributed by atoms with Gasteiger partial charge in [0.2, 0.25) is 5.91 Å². The highest BCUT2D eigenvalue weighted by atomic mass is 35.5. The van der Waals surface area contributed by atoms with Crippen molar-refractivity contribution >= 4 is 35.1 Å². The van der Waals surface area contributed by atoms with E-state index in [1.54, 1.807) is 26.1 Å². The summed E-state index contributed by atoms with van der Waals surface area (Å²) >= 11 is 5.81. The monoisotopic (exact) mass is 386 g/mol. The van der Waals surface area contributed by atoms with E-state index < -0.39 is 23.3 Å². The summed E-state index contributed by atoms with van der Waals surface area (Å²) in [5.41, 5.74) is 0.760. The number of fused-ring (bicyclic) bond motifs is 1. The molecule has 0 saturated carbocycles. The molecular weight excluding hydrogens is 368 g/mol. The second-order valence-corrected chi connectivity index (χ2v) is 7.23. The number of halogens is 1. The number of nitrogens with zero attached hydrogens (tertiary/aromatic N) is 1. The molecule has 3 rings (SSSR count). The number of likely N-dealkylation sites (N-methyl/N-ethyl adjacent to an activating group) is 1. The number of carboxylic acid groups (broad SMARTS) is 1. The molecule has 2 N–H and O–H groups in total. The van der Waals surface area contributed by atoms with Crippen molar-refractivity contribution < 1.29 is 19.5 Å². The Balaban J connectivity index is 1.86. The topological polar surface area (TPSA) is 86.7 Å². The van der Waals surface area contributed by atoms with Crippen molar-refractivity contribution in [1.29, 1.82) is 0 Å². The average molecular weight is 387 g/mol. The third-order valence-corrected chi connectivity index (χ3v) is 5.21. The Kier molecular flexibility index (Phi) is 4.93. The molecule has 7 heteroatoms. The van der Waals surface area contributed by atoms with E-state index in [1.165, 1.54) is 17.0 Å². The van der Waals surface area contributed by atoms with Crippen molar-refractivity contribution in [2.24, 2.45) is 0 Å². The number of hydrogen-bond acceptors (Lipinski definition) is 3. The van der Waals surface area contributed by atoms with Crippen LogP contribution in [0.5, 0.6) is 0 Å². The van der Waals surface area contributed by atoms with Crippen molar-refractivity contribution in [3.63, 3.8) is 0 Å². The van der Waals surface area contributed by atoms with E-state index in [9.17, 15) is 19.5 Å². The fraction of sp³-hybridized carbons (Fsp3) is 0.250. The number of nitrogens with one attached hydrogen (secondary N) is 1. The molecule has 140 valence electrons. The molecule has 0 radical (unpaired) electrons. The zero-order chi connectivity index (χ0) is 19.8. The highest BCUT2D eigenvalue weighted by molar-refractivity contribution is 6.30.